The molecule has 3 rings (SSSR count). The summed E-state index contributed by atoms with van der Waals surface area (Å²) in [5.74, 6) is 0.795. The number of urea groups is 1. The molecule has 0 saturated carbocycles. The Morgan fingerprint density at radius 3 is 2.58 bits per heavy atom. The van der Waals surface area contributed by atoms with Crippen LogP contribution in [-0.2, 0) is 13.1 Å². The maximum atomic E-state index is 11.9. The third-order valence-corrected chi connectivity index (χ3v) is 3.86. The minimum atomic E-state index is -0.206. The zero-order valence-electron chi connectivity index (χ0n) is 14.6. The van der Waals surface area contributed by atoms with Crippen LogP contribution in [0.5, 0.6) is 5.75 Å². The molecular weight excluding hydrogens is 330 g/mol. The van der Waals surface area contributed by atoms with Crippen molar-refractivity contribution in [1.29, 1.82) is 0 Å². The van der Waals surface area contributed by atoms with Gasteiger partial charge in [0.1, 0.15) is 5.75 Å². The molecule has 7 heteroatoms. The molecule has 7 nitrogen and oxygen atoms in total. The number of carbonyl (C=O) groups is 1. The van der Waals surface area contributed by atoms with Crippen molar-refractivity contribution >= 4 is 6.03 Å². The predicted molar refractivity (Wildman–Crippen MR) is 98.7 cm³/mol. The van der Waals surface area contributed by atoms with Gasteiger partial charge in [0.05, 0.1) is 19.3 Å². The van der Waals surface area contributed by atoms with Crippen LogP contribution in [0.2, 0.25) is 0 Å². The monoisotopic (exact) mass is 351 g/mol. The van der Waals surface area contributed by atoms with Gasteiger partial charge in [0.15, 0.2) is 0 Å². The lowest BCUT2D eigenvalue weighted by Gasteiger charge is -2.08. The van der Waals surface area contributed by atoms with Crippen LogP contribution in [0.1, 0.15) is 5.56 Å². The van der Waals surface area contributed by atoms with E-state index in [-0.39, 0.29) is 6.03 Å². The first kappa shape index (κ1) is 17.5. The Balaban J connectivity index is 1.40. The molecular formula is C19H21N5O2. The number of amides is 2. The van der Waals surface area contributed by atoms with E-state index in [2.05, 4.69) is 20.7 Å². The highest BCUT2D eigenvalue weighted by atomic mass is 16.5. The van der Waals surface area contributed by atoms with Gasteiger partial charge in [0, 0.05) is 37.2 Å². The number of nitrogens with one attached hydrogen (secondary N) is 2. The van der Waals surface area contributed by atoms with Crippen molar-refractivity contribution in [2.24, 2.45) is 0 Å². The second kappa shape index (κ2) is 8.66. The fourth-order valence-electron chi connectivity index (χ4n) is 2.44. The van der Waals surface area contributed by atoms with E-state index in [1.807, 2.05) is 48.7 Å². The third kappa shape index (κ3) is 4.83. The van der Waals surface area contributed by atoms with Crippen LogP contribution in [-0.4, -0.2) is 34.5 Å². The van der Waals surface area contributed by atoms with Crippen molar-refractivity contribution in [3.8, 4) is 17.0 Å². The average Bonchev–Trinajstić information content (AvgIpc) is 3.16. The van der Waals surface area contributed by atoms with E-state index in [4.69, 9.17) is 4.74 Å². The zero-order chi connectivity index (χ0) is 18.2. The maximum absolute atomic E-state index is 11.9. The minimum absolute atomic E-state index is 0.206. The first-order chi connectivity index (χ1) is 12.7. The van der Waals surface area contributed by atoms with E-state index >= 15 is 0 Å². The summed E-state index contributed by atoms with van der Waals surface area (Å²) in [5, 5.41) is 10.1. The lowest BCUT2D eigenvalue weighted by molar-refractivity contribution is 0.240. The standard InChI is InChI=1S/C19H21N5O2/c1-26-17-4-2-15(3-5-17)14-22-19(25)21-11-13-24-12-8-18(23-24)16-6-9-20-10-7-16/h2-10,12H,11,13-14H2,1H3,(H2,21,22,25). The molecule has 0 fully saturated rings. The van der Waals surface area contributed by atoms with Gasteiger partial charge in [-0.05, 0) is 35.9 Å². The van der Waals surface area contributed by atoms with Gasteiger partial charge in [-0.15, -0.1) is 0 Å². The Kier molecular flexibility index (Phi) is 5.82. The molecule has 0 atom stereocenters. The molecule has 2 N–H and O–H groups in total. The smallest absolute Gasteiger partial charge is 0.315 e. The van der Waals surface area contributed by atoms with E-state index in [9.17, 15) is 4.79 Å². The molecule has 0 spiro atoms. The van der Waals surface area contributed by atoms with E-state index in [0.29, 0.717) is 19.6 Å². The number of benzene rings is 1. The van der Waals surface area contributed by atoms with Crippen LogP contribution in [0, 0.1) is 0 Å². The molecule has 26 heavy (non-hydrogen) atoms. The molecule has 0 radical (unpaired) electrons. The Bertz CT molecular complexity index is 831. The normalized spacial score (nSPS) is 10.3. The van der Waals surface area contributed by atoms with E-state index in [0.717, 1.165) is 22.6 Å². The summed E-state index contributed by atoms with van der Waals surface area (Å²) in [6.07, 6.45) is 5.37. The number of methoxy groups -OCH3 is 1. The fraction of sp³-hybridized carbons (Fsp3) is 0.211. The van der Waals surface area contributed by atoms with Gasteiger partial charge < -0.3 is 15.4 Å². The van der Waals surface area contributed by atoms with Crippen LogP contribution in [0.15, 0.2) is 61.1 Å². The summed E-state index contributed by atoms with van der Waals surface area (Å²) in [6.45, 7) is 1.55. The number of carbonyl (C=O) groups excluding carboxylic acids is 1. The summed E-state index contributed by atoms with van der Waals surface area (Å²) in [6, 6.07) is 13.1. The van der Waals surface area contributed by atoms with Gasteiger partial charge in [0.2, 0.25) is 0 Å². The van der Waals surface area contributed by atoms with Crippen molar-refractivity contribution in [2.45, 2.75) is 13.1 Å². The van der Waals surface area contributed by atoms with Crippen molar-refractivity contribution < 1.29 is 9.53 Å². The molecule has 0 aliphatic rings. The number of ether oxygens (including phenoxy) is 1. The average molecular weight is 351 g/mol. The maximum Gasteiger partial charge on any atom is 0.315 e. The molecule has 3 aromatic rings. The van der Waals surface area contributed by atoms with E-state index in [1.54, 1.807) is 24.2 Å². The van der Waals surface area contributed by atoms with Gasteiger partial charge in [-0.1, -0.05) is 12.1 Å². The number of hydrogen-bond donors (Lipinski definition) is 2. The molecule has 0 aliphatic heterocycles. The zero-order valence-corrected chi connectivity index (χ0v) is 14.6. The molecule has 2 heterocycles. The minimum Gasteiger partial charge on any atom is -0.497 e. The van der Waals surface area contributed by atoms with Crippen LogP contribution in [0.3, 0.4) is 0 Å². The number of aromatic nitrogens is 3. The summed E-state index contributed by atoms with van der Waals surface area (Å²) in [7, 11) is 1.63. The summed E-state index contributed by atoms with van der Waals surface area (Å²) < 4.78 is 6.91. The number of hydrogen-bond acceptors (Lipinski definition) is 4. The van der Waals surface area contributed by atoms with Crippen molar-refractivity contribution in [3.05, 3.63) is 66.6 Å². The van der Waals surface area contributed by atoms with Crippen LogP contribution in [0.25, 0.3) is 11.3 Å². The number of pyridine rings is 1. The summed E-state index contributed by atoms with van der Waals surface area (Å²) in [4.78, 5) is 15.9. The lowest BCUT2D eigenvalue weighted by atomic mass is 10.2. The molecule has 0 aliphatic carbocycles. The first-order valence-electron chi connectivity index (χ1n) is 8.33. The van der Waals surface area contributed by atoms with Gasteiger partial charge in [0.25, 0.3) is 0 Å². The van der Waals surface area contributed by atoms with Crippen molar-refractivity contribution in [3.63, 3.8) is 0 Å². The highest BCUT2D eigenvalue weighted by Crippen LogP contribution is 2.14. The number of nitrogens with zero attached hydrogens (tertiary/aromatic N) is 3. The molecule has 0 unspecified atom stereocenters. The van der Waals surface area contributed by atoms with Crippen molar-refractivity contribution in [2.75, 3.05) is 13.7 Å². The SMILES string of the molecule is COc1ccc(CNC(=O)NCCn2ccc(-c3ccncc3)n2)cc1. The van der Waals surface area contributed by atoms with Crippen molar-refractivity contribution in [1.82, 2.24) is 25.4 Å². The molecule has 0 saturated heterocycles. The Hall–Kier alpha value is -3.35. The first-order valence-corrected chi connectivity index (χ1v) is 8.33. The highest BCUT2D eigenvalue weighted by molar-refractivity contribution is 5.73. The van der Waals surface area contributed by atoms with Crippen LogP contribution < -0.4 is 15.4 Å². The summed E-state index contributed by atoms with van der Waals surface area (Å²) in [5.41, 5.74) is 2.91. The van der Waals surface area contributed by atoms with E-state index < -0.39 is 0 Å². The van der Waals surface area contributed by atoms with Crippen LogP contribution >= 0.6 is 0 Å². The van der Waals surface area contributed by atoms with Crippen LogP contribution in [0.4, 0.5) is 4.79 Å². The third-order valence-electron chi connectivity index (χ3n) is 3.86. The van der Waals surface area contributed by atoms with Gasteiger partial charge >= 0.3 is 6.03 Å². The predicted octanol–water partition coefficient (Wildman–Crippen LogP) is 2.45. The summed E-state index contributed by atoms with van der Waals surface area (Å²) >= 11 is 0. The highest BCUT2D eigenvalue weighted by Gasteiger charge is 2.03. The fourth-order valence-corrected chi connectivity index (χ4v) is 2.44. The molecule has 134 valence electrons. The van der Waals surface area contributed by atoms with Gasteiger partial charge in [-0.3, -0.25) is 9.67 Å². The second-order valence-corrected chi connectivity index (χ2v) is 5.66. The van der Waals surface area contributed by atoms with E-state index in [1.165, 1.54) is 0 Å². The van der Waals surface area contributed by atoms with Gasteiger partial charge in [-0.25, -0.2) is 4.79 Å². The molecule has 0 bridgehead atoms. The van der Waals surface area contributed by atoms with Gasteiger partial charge in [-0.2, -0.15) is 5.10 Å². The largest absolute Gasteiger partial charge is 0.497 e. The molecule has 2 amide bonds. The Labute approximate surface area is 152 Å². The quantitative estimate of drug-likeness (QED) is 0.685. The number of rotatable bonds is 7. The Morgan fingerprint density at radius 1 is 1.08 bits per heavy atom. The molecule has 1 aromatic carbocycles. The molecule has 2 aromatic heterocycles. The second-order valence-electron chi connectivity index (χ2n) is 5.66. The lowest BCUT2D eigenvalue weighted by Crippen LogP contribution is -2.36. The Morgan fingerprint density at radius 2 is 1.85 bits per heavy atom. The topological polar surface area (TPSA) is 81.1 Å².